The SMILES string of the molecule is Cc1cc(-c2ccc(S(C)(=O)=O)cc2)nc(-c2ccccc2)n1. The number of hydrogen-bond acceptors (Lipinski definition) is 4. The molecule has 3 rings (SSSR count). The first-order valence-electron chi connectivity index (χ1n) is 7.15. The largest absolute Gasteiger partial charge is 0.233 e. The predicted octanol–water partition coefficient (Wildman–Crippen LogP) is 3.52. The second kappa shape index (κ2) is 5.93. The van der Waals surface area contributed by atoms with E-state index in [9.17, 15) is 8.42 Å². The Hall–Kier alpha value is -2.53. The number of hydrogen-bond donors (Lipinski definition) is 0. The lowest BCUT2D eigenvalue weighted by Crippen LogP contribution is -1.97. The summed E-state index contributed by atoms with van der Waals surface area (Å²) in [6.07, 6.45) is 1.20. The molecule has 0 aliphatic heterocycles. The maximum atomic E-state index is 11.5. The lowest BCUT2D eigenvalue weighted by atomic mass is 10.1. The Balaban J connectivity index is 2.05. The zero-order chi connectivity index (χ0) is 16.4. The monoisotopic (exact) mass is 324 g/mol. The van der Waals surface area contributed by atoms with E-state index < -0.39 is 9.84 Å². The van der Waals surface area contributed by atoms with Crippen LogP contribution in [0.2, 0.25) is 0 Å². The number of aromatic nitrogens is 2. The van der Waals surface area contributed by atoms with Gasteiger partial charge in [0.2, 0.25) is 0 Å². The van der Waals surface area contributed by atoms with Crippen LogP contribution in [0.3, 0.4) is 0 Å². The van der Waals surface area contributed by atoms with Gasteiger partial charge in [0, 0.05) is 23.1 Å². The third-order valence-electron chi connectivity index (χ3n) is 3.46. The van der Waals surface area contributed by atoms with E-state index in [1.165, 1.54) is 6.26 Å². The second-order valence-corrected chi connectivity index (χ2v) is 7.40. The number of sulfone groups is 1. The van der Waals surface area contributed by atoms with Crippen LogP contribution in [0.5, 0.6) is 0 Å². The molecule has 0 radical (unpaired) electrons. The van der Waals surface area contributed by atoms with E-state index in [0.29, 0.717) is 10.7 Å². The Morgan fingerprint density at radius 1 is 0.826 bits per heavy atom. The van der Waals surface area contributed by atoms with E-state index in [-0.39, 0.29) is 0 Å². The molecule has 0 fully saturated rings. The molecule has 23 heavy (non-hydrogen) atoms. The topological polar surface area (TPSA) is 59.9 Å². The second-order valence-electron chi connectivity index (χ2n) is 5.38. The molecule has 0 spiro atoms. The van der Waals surface area contributed by atoms with Gasteiger partial charge in [0.25, 0.3) is 0 Å². The van der Waals surface area contributed by atoms with Crippen LogP contribution in [0.15, 0.2) is 65.6 Å². The zero-order valence-corrected chi connectivity index (χ0v) is 13.7. The van der Waals surface area contributed by atoms with Crippen molar-refractivity contribution in [2.75, 3.05) is 6.26 Å². The van der Waals surface area contributed by atoms with Gasteiger partial charge in [0.05, 0.1) is 10.6 Å². The minimum absolute atomic E-state index is 0.301. The van der Waals surface area contributed by atoms with Gasteiger partial charge >= 0.3 is 0 Å². The van der Waals surface area contributed by atoms with Crippen LogP contribution in [0, 0.1) is 6.92 Å². The number of nitrogens with zero attached hydrogens (tertiary/aromatic N) is 2. The number of aryl methyl sites for hydroxylation is 1. The molecule has 0 bridgehead atoms. The highest BCUT2D eigenvalue weighted by atomic mass is 32.2. The first kappa shape index (κ1) is 15.4. The molecule has 0 saturated carbocycles. The molecular weight excluding hydrogens is 308 g/mol. The van der Waals surface area contributed by atoms with E-state index >= 15 is 0 Å². The molecule has 1 heterocycles. The van der Waals surface area contributed by atoms with Crippen LogP contribution < -0.4 is 0 Å². The van der Waals surface area contributed by atoms with Crippen LogP contribution in [0.1, 0.15) is 5.69 Å². The number of rotatable bonds is 3. The van der Waals surface area contributed by atoms with Crippen molar-refractivity contribution in [3.05, 3.63) is 66.4 Å². The Morgan fingerprint density at radius 3 is 2.09 bits per heavy atom. The molecule has 5 heteroatoms. The van der Waals surface area contributed by atoms with Gasteiger partial charge in [0.1, 0.15) is 0 Å². The van der Waals surface area contributed by atoms with Crippen molar-refractivity contribution >= 4 is 9.84 Å². The van der Waals surface area contributed by atoms with Gasteiger partial charge in [-0.15, -0.1) is 0 Å². The Morgan fingerprint density at radius 2 is 1.48 bits per heavy atom. The molecule has 2 aromatic carbocycles. The highest BCUT2D eigenvalue weighted by Gasteiger charge is 2.09. The van der Waals surface area contributed by atoms with Gasteiger partial charge in [-0.3, -0.25) is 0 Å². The summed E-state index contributed by atoms with van der Waals surface area (Å²) < 4.78 is 23.1. The quantitative estimate of drug-likeness (QED) is 0.739. The molecular formula is C18H16N2O2S. The summed E-state index contributed by atoms with van der Waals surface area (Å²) in [6.45, 7) is 1.92. The molecule has 0 aliphatic carbocycles. The average Bonchev–Trinajstić information content (AvgIpc) is 2.54. The molecule has 0 saturated heterocycles. The molecule has 0 atom stereocenters. The van der Waals surface area contributed by atoms with Crippen molar-refractivity contribution in [1.82, 2.24) is 9.97 Å². The molecule has 0 N–H and O–H groups in total. The molecule has 1 aromatic heterocycles. The van der Waals surface area contributed by atoms with Crippen molar-refractivity contribution < 1.29 is 8.42 Å². The fraction of sp³-hybridized carbons (Fsp3) is 0.111. The summed E-state index contributed by atoms with van der Waals surface area (Å²) in [6, 6.07) is 18.4. The lowest BCUT2D eigenvalue weighted by Gasteiger charge is -2.07. The highest BCUT2D eigenvalue weighted by molar-refractivity contribution is 7.90. The van der Waals surface area contributed by atoms with Gasteiger partial charge in [-0.2, -0.15) is 0 Å². The van der Waals surface area contributed by atoms with Crippen LogP contribution >= 0.6 is 0 Å². The molecule has 0 aliphatic rings. The third kappa shape index (κ3) is 3.46. The van der Waals surface area contributed by atoms with Crippen molar-refractivity contribution in [2.24, 2.45) is 0 Å². The van der Waals surface area contributed by atoms with Gasteiger partial charge in [-0.1, -0.05) is 42.5 Å². The van der Waals surface area contributed by atoms with Crippen molar-refractivity contribution in [3.8, 4) is 22.6 Å². The van der Waals surface area contributed by atoms with E-state index in [4.69, 9.17) is 0 Å². The standard InChI is InChI=1S/C18H16N2O2S/c1-13-12-17(14-8-10-16(11-9-14)23(2,21)22)20-18(19-13)15-6-4-3-5-7-15/h3-12H,1-2H3. The summed E-state index contributed by atoms with van der Waals surface area (Å²) in [5.74, 6) is 0.660. The molecule has 4 nitrogen and oxygen atoms in total. The van der Waals surface area contributed by atoms with E-state index in [2.05, 4.69) is 9.97 Å². The first-order chi connectivity index (χ1) is 10.9. The van der Waals surface area contributed by atoms with Gasteiger partial charge < -0.3 is 0 Å². The Bertz CT molecular complexity index is 935. The fourth-order valence-electron chi connectivity index (χ4n) is 2.31. The van der Waals surface area contributed by atoms with Crippen LogP contribution in [0.25, 0.3) is 22.6 Å². The van der Waals surface area contributed by atoms with E-state index in [0.717, 1.165) is 22.5 Å². The summed E-state index contributed by atoms with van der Waals surface area (Å²) in [5.41, 5.74) is 3.45. The minimum atomic E-state index is -3.19. The third-order valence-corrected chi connectivity index (χ3v) is 4.59. The summed E-state index contributed by atoms with van der Waals surface area (Å²) in [4.78, 5) is 9.39. The minimum Gasteiger partial charge on any atom is -0.233 e. The summed E-state index contributed by atoms with van der Waals surface area (Å²) >= 11 is 0. The molecule has 116 valence electrons. The Labute approximate surface area is 135 Å². The van der Waals surface area contributed by atoms with Gasteiger partial charge in [-0.05, 0) is 25.1 Å². The van der Waals surface area contributed by atoms with Crippen LogP contribution in [0.4, 0.5) is 0 Å². The first-order valence-corrected chi connectivity index (χ1v) is 9.04. The van der Waals surface area contributed by atoms with Gasteiger partial charge in [-0.25, -0.2) is 18.4 Å². The normalized spacial score (nSPS) is 11.4. The lowest BCUT2D eigenvalue weighted by molar-refractivity contribution is 0.602. The van der Waals surface area contributed by atoms with Crippen molar-refractivity contribution in [3.63, 3.8) is 0 Å². The molecule has 0 amide bonds. The zero-order valence-electron chi connectivity index (χ0n) is 12.9. The molecule has 3 aromatic rings. The number of benzene rings is 2. The maximum absolute atomic E-state index is 11.5. The van der Waals surface area contributed by atoms with E-state index in [1.54, 1.807) is 24.3 Å². The smallest absolute Gasteiger partial charge is 0.175 e. The van der Waals surface area contributed by atoms with Crippen LogP contribution in [-0.2, 0) is 9.84 Å². The average molecular weight is 324 g/mol. The molecule has 0 unspecified atom stereocenters. The van der Waals surface area contributed by atoms with E-state index in [1.807, 2.05) is 43.3 Å². The predicted molar refractivity (Wildman–Crippen MR) is 90.8 cm³/mol. The Kier molecular flexibility index (Phi) is 3.96. The van der Waals surface area contributed by atoms with Crippen molar-refractivity contribution in [1.29, 1.82) is 0 Å². The van der Waals surface area contributed by atoms with Crippen LogP contribution in [-0.4, -0.2) is 24.6 Å². The summed E-state index contributed by atoms with van der Waals surface area (Å²) in [5, 5.41) is 0. The van der Waals surface area contributed by atoms with Crippen molar-refractivity contribution in [2.45, 2.75) is 11.8 Å². The van der Waals surface area contributed by atoms with Gasteiger partial charge in [0.15, 0.2) is 15.7 Å². The maximum Gasteiger partial charge on any atom is 0.175 e. The summed E-state index contributed by atoms with van der Waals surface area (Å²) in [7, 11) is -3.19. The highest BCUT2D eigenvalue weighted by Crippen LogP contribution is 2.23. The fourth-order valence-corrected chi connectivity index (χ4v) is 2.94.